The van der Waals surface area contributed by atoms with Crippen molar-refractivity contribution >= 4 is 11.3 Å². The molecule has 5 heteroatoms. The van der Waals surface area contributed by atoms with Crippen molar-refractivity contribution in [2.75, 3.05) is 0 Å². The zero-order valence-corrected chi connectivity index (χ0v) is 10.6. The van der Waals surface area contributed by atoms with Gasteiger partial charge in [0.05, 0.1) is 6.20 Å². The number of rotatable bonds is 4. The van der Waals surface area contributed by atoms with Gasteiger partial charge in [0.1, 0.15) is 5.01 Å². The second-order valence-corrected chi connectivity index (χ2v) is 4.82. The lowest BCUT2D eigenvalue weighted by Crippen LogP contribution is -2.18. The van der Waals surface area contributed by atoms with Crippen LogP contribution in [0.25, 0.3) is 0 Å². The minimum atomic E-state index is 0.303. The zero-order valence-electron chi connectivity index (χ0n) is 9.77. The van der Waals surface area contributed by atoms with Crippen molar-refractivity contribution in [1.29, 1.82) is 0 Å². The standard InChI is InChI=1S/C11H16N4S/c1-8(10-6-14-15(3)9(10)2)13-7-11-12-4-5-16-11/h4-6,8,13H,7H2,1-3H3. The molecule has 0 aliphatic rings. The summed E-state index contributed by atoms with van der Waals surface area (Å²) in [6.07, 6.45) is 3.76. The summed E-state index contributed by atoms with van der Waals surface area (Å²) in [5.41, 5.74) is 2.46. The topological polar surface area (TPSA) is 42.7 Å². The Labute approximate surface area is 99.3 Å². The van der Waals surface area contributed by atoms with Crippen molar-refractivity contribution in [2.24, 2.45) is 7.05 Å². The van der Waals surface area contributed by atoms with E-state index in [0.29, 0.717) is 6.04 Å². The van der Waals surface area contributed by atoms with Crippen molar-refractivity contribution in [1.82, 2.24) is 20.1 Å². The predicted octanol–water partition coefficient (Wildman–Crippen LogP) is 2.04. The zero-order chi connectivity index (χ0) is 11.5. The molecule has 0 aromatic carbocycles. The molecule has 0 bridgehead atoms. The average molecular weight is 236 g/mol. The second-order valence-electron chi connectivity index (χ2n) is 3.84. The monoisotopic (exact) mass is 236 g/mol. The Morgan fingerprint density at radius 2 is 2.38 bits per heavy atom. The van der Waals surface area contributed by atoms with E-state index in [1.165, 1.54) is 11.3 Å². The summed E-state index contributed by atoms with van der Waals surface area (Å²) in [6, 6.07) is 0.303. The molecule has 2 aromatic rings. The third kappa shape index (κ3) is 2.31. The highest BCUT2D eigenvalue weighted by Gasteiger charge is 2.11. The lowest BCUT2D eigenvalue weighted by Gasteiger charge is -2.12. The van der Waals surface area contributed by atoms with Gasteiger partial charge in [-0.1, -0.05) is 0 Å². The molecule has 0 aliphatic carbocycles. The summed E-state index contributed by atoms with van der Waals surface area (Å²) in [7, 11) is 1.96. The second kappa shape index (κ2) is 4.76. The largest absolute Gasteiger partial charge is 0.304 e. The van der Waals surface area contributed by atoms with E-state index in [9.17, 15) is 0 Å². The van der Waals surface area contributed by atoms with Gasteiger partial charge in [-0.2, -0.15) is 5.10 Å². The van der Waals surface area contributed by atoms with Crippen molar-refractivity contribution in [3.05, 3.63) is 34.0 Å². The van der Waals surface area contributed by atoms with E-state index in [-0.39, 0.29) is 0 Å². The van der Waals surface area contributed by atoms with Crippen LogP contribution in [0, 0.1) is 6.92 Å². The van der Waals surface area contributed by atoms with Crippen LogP contribution in [0.5, 0.6) is 0 Å². The first-order valence-electron chi connectivity index (χ1n) is 5.28. The van der Waals surface area contributed by atoms with Crippen LogP contribution >= 0.6 is 11.3 Å². The molecule has 2 rings (SSSR count). The van der Waals surface area contributed by atoms with Gasteiger partial charge in [0, 0.05) is 42.5 Å². The van der Waals surface area contributed by atoms with Crippen molar-refractivity contribution in [3.8, 4) is 0 Å². The Morgan fingerprint density at radius 1 is 1.56 bits per heavy atom. The maximum absolute atomic E-state index is 4.25. The number of nitrogens with one attached hydrogen (secondary N) is 1. The lowest BCUT2D eigenvalue weighted by molar-refractivity contribution is 0.569. The van der Waals surface area contributed by atoms with Crippen molar-refractivity contribution in [2.45, 2.75) is 26.4 Å². The van der Waals surface area contributed by atoms with Crippen LogP contribution in [0.2, 0.25) is 0 Å². The summed E-state index contributed by atoms with van der Waals surface area (Å²) >= 11 is 1.68. The molecule has 0 saturated carbocycles. The van der Waals surface area contributed by atoms with Crippen LogP contribution < -0.4 is 5.32 Å². The minimum Gasteiger partial charge on any atom is -0.304 e. The number of thiazole rings is 1. The third-order valence-corrected chi connectivity index (χ3v) is 3.56. The third-order valence-electron chi connectivity index (χ3n) is 2.78. The molecule has 0 amide bonds. The van der Waals surface area contributed by atoms with Crippen LogP contribution in [0.4, 0.5) is 0 Å². The molecular formula is C11H16N4S. The maximum Gasteiger partial charge on any atom is 0.106 e. The van der Waals surface area contributed by atoms with Gasteiger partial charge >= 0.3 is 0 Å². The maximum atomic E-state index is 4.25. The highest BCUT2D eigenvalue weighted by Crippen LogP contribution is 2.16. The van der Waals surface area contributed by atoms with Crippen LogP contribution in [-0.2, 0) is 13.6 Å². The number of aryl methyl sites for hydroxylation is 1. The van der Waals surface area contributed by atoms with Gasteiger partial charge < -0.3 is 5.32 Å². The molecule has 86 valence electrons. The van der Waals surface area contributed by atoms with Gasteiger partial charge in [-0.05, 0) is 13.8 Å². The molecule has 0 fully saturated rings. The van der Waals surface area contributed by atoms with Crippen LogP contribution in [-0.4, -0.2) is 14.8 Å². The number of nitrogens with zero attached hydrogens (tertiary/aromatic N) is 3. The fourth-order valence-corrected chi connectivity index (χ4v) is 2.20. The normalized spacial score (nSPS) is 12.9. The van der Waals surface area contributed by atoms with E-state index in [0.717, 1.165) is 11.6 Å². The molecule has 4 nitrogen and oxygen atoms in total. The SMILES string of the molecule is Cc1c(C(C)NCc2nccs2)cnn1C. The van der Waals surface area contributed by atoms with Crippen molar-refractivity contribution in [3.63, 3.8) is 0 Å². The van der Waals surface area contributed by atoms with Crippen LogP contribution in [0.3, 0.4) is 0 Å². The Balaban J connectivity index is 1.98. The molecule has 1 unspecified atom stereocenters. The van der Waals surface area contributed by atoms with Crippen LogP contribution in [0.15, 0.2) is 17.8 Å². The summed E-state index contributed by atoms with van der Waals surface area (Å²) in [4.78, 5) is 4.24. The Bertz CT molecular complexity index is 447. The summed E-state index contributed by atoms with van der Waals surface area (Å²) in [5.74, 6) is 0. The quantitative estimate of drug-likeness (QED) is 0.883. The number of hydrogen-bond donors (Lipinski definition) is 1. The van der Waals surface area contributed by atoms with E-state index in [1.807, 2.05) is 29.5 Å². The highest BCUT2D eigenvalue weighted by molar-refractivity contribution is 7.09. The molecule has 0 saturated heterocycles. The lowest BCUT2D eigenvalue weighted by atomic mass is 10.1. The number of hydrogen-bond acceptors (Lipinski definition) is 4. The first-order valence-corrected chi connectivity index (χ1v) is 6.16. The molecular weight excluding hydrogens is 220 g/mol. The first-order chi connectivity index (χ1) is 7.68. The summed E-state index contributed by atoms with van der Waals surface area (Å²) in [6.45, 7) is 5.05. The fraction of sp³-hybridized carbons (Fsp3) is 0.455. The summed E-state index contributed by atoms with van der Waals surface area (Å²) in [5, 5.41) is 10.8. The molecule has 1 N–H and O–H groups in total. The predicted molar refractivity (Wildman–Crippen MR) is 65.3 cm³/mol. The number of aromatic nitrogens is 3. The van der Waals surface area contributed by atoms with Gasteiger partial charge in [-0.3, -0.25) is 4.68 Å². The molecule has 0 radical (unpaired) electrons. The first kappa shape index (κ1) is 11.3. The van der Waals surface area contributed by atoms with E-state index in [2.05, 4.69) is 29.2 Å². The van der Waals surface area contributed by atoms with Gasteiger partial charge in [-0.25, -0.2) is 4.98 Å². The summed E-state index contributed by atoms with van der Waals surface area (Å²) < 4.78 is 1.90. The van der Waals surface area contributed by atoms with Gasteiger partial charge in [0.25, 0.3) is 0 Å². The molecule has 0 aliphatic heterocycles. The molecule has 0 spiro atoms. The fourth-order valence-electron chi connectivity index (χ4n) is 1.63. The molecule has 1 atom stereocenters. The molecule has 16 heavy (non-hydrogen) atoms. The van der Waals surface area contributed by atoms with Gasteiger partial charge in [-0.15, -0.1) is 11.3 Å². The Kier molecular flexibility index (Phi) is 3.36. The van der Waals surface area contributed by atoms with Gasteiger partial charge in [0.15, 0.2) is 0 Å². The molecule has 2 heterocycles. The minimum absolute atomic E-state index is 0.303. The van der Waals surface area contributed by atoms with Gasteiger partial charge in [0.2, 0.25) is 0 Å². The average Bonchev–Trinajstić information content (AvgIpc) is 2.88. The highest BCUT2D eigenvalue weighted by atomic mass is 32.1. The Hall–Kier alpha value is -1.20. The Morgan fingerprint density at radius 3 is 2.94 bits per heavy atom. The van der Waals surface area contributed by atoms with Crippen LogP contribution in [0.1, 0.15) is 29.2 Å². The van der Waals surface area contributed by atoms with E-state index < -0.39 is 0 Å². The van der Waals surface area contributed by atoms with E-state index in [4.69, 9.17) is 0 Å². The van der Waals surface area contributed by atoms with Crippen molar-refractivity contribution < 1.29 is 0 Å². The molecule has 2 aromatic heterocycles. The van der Waals surface area contributed by atoms with E-state index >= 15 is 0 Å². The van der Waals surface area contributed by atoms with E-state index in [1.54, 1.807) is 11.3 Å². The smallest absolute Gasteiger partial charge is 0.106 e.